The molecule has 0 aromatic carbocycles. The lowest BCUT2D eigenvalue weighted by atomic mass is 10.0. The van der Waals surface area contributed by atoms with Crippen molar-refractivity contribution in [3.05, 3.63) is 36.4 Å². The monoisotopic (exact) mass is 952 g/mol. The number of aromatic amines is 2. The first kappa shape index (κ1) is 53.0. The van der Waals surface area contributed by atoms with Crippen LogP contribution in [-0.2, 0) is 51.2 Å². The number of unbranched alkanes of at least 4 members (excludes halogenated alkanes) is 2. The van der Waals surface area contributed by atoms with E-state index in [9.17, 15) is 38.4 Å². The number of amides is 8. The van der Waals surface area contributed by atoms with E-state index in [0.717, 1.165) is 5.69 Å². The van der Waals surface area contributed by atoms with Crippen LogP contribution in [0.3, 0.4) is 0 Å². The molecule has 0 aliphatic carbocycles. The van der Waals surface area contributed by atoms with Crippen LogP contribution >= 0.6 is 0 Å². The summed E-state index contributed by atoms with van der Waals surface area (Å²) in [4.78, 5) is 127. The van der Waals surface area contributed by atoms with Gasteiger partial charge in [-0.2, -0.15) is 0 Å². The molecule has 376 valence electrons. The largest absolute Gasteiger partial charge is 0.368 e. The molecule has 0 saturated carbocycles. The normalized spacial score (nSPS) is 20.4. The average molecular weight is 952 g/mol. The van der Waals surface area contributed by atoms with Gasteiger partial charge in [0.1, 0.15) is 36.3 Å². The van der Waals surface area contributed by atoms with Crippen LogP contribution < -0.4 is 44.2 Å². The second-order valence-electron chi connectivity index (χ2n) is 18.6. The zero-order valence-electron chi connectivity index (χ0n) is 39.5. The van der Waals surface area contributed by atoms with Gasteiger partial charge in [-0.3, -0.25) is 38.4 Å². The molecule has 0 radical (unpaired) electrons. The van der Waals surface area contributed by atoms with Crippen LogP contribution in [0.15, 0.2) is 25.0 Å². The number of aromatic nitrogens is 4. The smallest absolute Gasteiger partial charge is 0.246 e. The molecule has 2 aromatic rings. The second-order valence-corrected chi connectivity index (χ2v) is 18.6. The van der Waals surface area contributed by atoms with Crippen molar-refractivity contribution in [2.24, 2.45) is 28.9 Å². The summed E-state index contributed by atoms with van der Waals surface area (Å²) in [6.45, 7) is 5.38. The van der Waals surface area contributed by atoms with Gasteiger partial charge < -0.3 is 68.9 Å². The summed E-state index contributed by atoms with van der Waals surface area (Å²) in [7, 11) is 0. The zero-order chi connectivity index (χ0) is 49.3. The topological polar surface area (TPSA) is 356 Å². The molecule has 3 aliphatic rings. The molecule has 5 rings (SSSR count). The van der Waals surface area contributed by atoms with Crippen molar-refractivity contribution < 1.29 is 38.4 Å². The molecule has 23 heteroatoms. The molecule has 3 fully saturated rings. The number of H-pyrrole nitrogens is 2. The zero-order valence-corrected chi connectivity index (χ0v) is 39.5. The minimum Gasteiger partial charge on any atom is -0.368 e. The molecule has 8 amide bonds. The fraction of sp³-hybridized carbons (Fsp3) is 0.689. The molecule has 3 aliphatic heterocycles. The minimum absolute atomic E-state index is 0.0597. The summed E-state index contributed by atoms with van der Waals surface area (Å²) in [5, 5.41) is 11.2. The Balaban J connectivity index is 1.23. The molecule has 2 aromatic heterocycles. The van der Waals surface area contributed by atoms with Gasteiger partial charge in [0.2, 0.25) is 47.3 Å². The summed E-state index contributed by atoms with van der Waals surface area (Å²) in [6.07, 6.45) is 12.1. The highest BCUT2D eigenvalue weighted by Gasteiger charge is 2.47. The van der Waals surface area contributed by atoms with Crippen LogP contribution in [-0.4, -0.2) is 163 Å². The van der Waals surface area contributed by atoms with Crippen molar-refractivity contribution in [3.8, 4) is 0 Å². The number of carbonyl (C=O) groups is 8. The van der Waals surface area contributed by atoms with Crippen molar-refractivity contribution in [1.29, 1.82) is 0 Å². The van der Waals surface area contributed by atoms with E-state index < -0.39 is 77.9 Å². The van der Waals surface area contributed by atoms with Crippen LogP contribution in [0.1, 0.15) is 109 Å². The highest BCUT2D eigenvalue weighted by molar-refractivity contribution is 5.98. The maximum atomic E-state index is 14.6. The van der Waals surface area contributed by atoms with Gasteiger partial charge >= 0.3 is 0 Å². The number of nitrogens with zero attached hydrogens (tertiary/aromatic N) is 5. The summed E-state index contributed by atoms with van der Waals surface area (Å²) in [5.74, 6) is -3.93. The molecular formula is C45H73N15O8. The number of carbonyl (C=O) groups excluding carboxylic acids is 8. The van der Waals surface area contributed by atoms with Crippen molar-refractivity contribution >= 4 is 47.3 Å². The van der Waals surface area contributed by atoms with Crippen LogP contribution in [0.4, 0.5) is 0 Å². The van der Waals surface area contributed by atoms with E-state index in [1.807, 2.05) is 13.8 Å². The Hall–Kier alpha value is -5.94. The summed E-state index contributed by atoms with van der Waals surface area (Å²) < 4.78 is 0. The van der Waals surface area contributed by atoms with Crippen LogP contribution in [0.25, 0.3) is 0 Å². The second kappa shape index (κ2) is 26.0. The Labute approximate surface area is 397 Å². The quantitative estimate of drug-likeness (QED) is 0.0455. The number of hydrogen-bond acceptors (Lipinski definition) is 13. The Morgan fingerprint density at radius 3 is 1.74 bits per heavy atom. The first-order valence-corrected chi connectivity index (χ1v) is 24.1. The van der Waals surface area contributed by atoms with Crippen molar-refractivity contribution in [2.45, 2.75) is 158 Å². The molecule has 23 nitrogen and oxygen atoms in total. The van der Waals surface area contributed by atoms with E-state index >= 15 is 0 Å². The first-order valence-electron chi connectivity index (χ1n) is 24.1. The van der Waals surface area contributed by atoms with Crippen molar-refractivity contribution in [3.63, 3.8) is 0 Å². The Morgan fingerprint density at radius 1 is 0.662 bits per heavy atom. The number of nitrogens with two attached hydrogens (primary N) is 4. The average Bonchev–Trinajstić information content (AvgIpc) is 4.17. The number of imidazole rings is 2. The molecule has 0 unspecified atom stereocenters. The summed E-state index contributed by atoms with van der Waals surface area (Å²) in [5.41, 5.74) is 24.9. The highest BCUT2D eigenvalue weighted by atomic mass is 16.2. The van der Waals surface area contributed by atoms with Crippen LogP contribution in [0, 0.1) is 5.92 Å². The third kappa shape index (κ3) is 14.8. The number of nitrogens with one attached hydrogen (secondary N) is 6. The van der Waals surface area contributed by atoms with E-state index in [1.54, 1.807) is 12.4 Å². The molecule has 3 saturated heterocycles. The number of hydrogen-bond donors (Lipinski definition) is 10. The lowest BCUT2D eigenvalue weighted by Crippen LogP contribution is -2.59. The third-order valence-electron chi connectivity index (χ3n) is 12.9. The minimum atomic E-state index is -1.10. The van der Waals surface area contributed by atoms with Gasteiger partial charge in [-0.15, -0.1) is 0 Å². The Morgan fingerprint density at radius 2 is 1.18 bits per heavy atom. The molecule has 14 N–H and O–H groups in total. The third-order valence-corrected chi connectivity index (χ3v) is 12.9. The van der Waals surface area contributed by atoms with E-state index in [4.69, 9.17) is 22.9 Å². The first-order chi connectivity index (χ1) is 32.6. The molecule has 8 atom stereocenters. The number of likely N-dealkylation sites (tertiary alicyclic amines) is 3. The van der Waals surface area contributed by atoms with Gasteiger partial charge in [0.15, 0.2) is 0 Å². The fourth-order valence-electron chi connectivity index (χ4n) is 9.29. The van der Waals surface area contributed by atoms with Crippen LogP contribution in [0.2, 0.25) is 0 Å². The van der Waals surface area contributed by atoms with Gasteiger partial charge in [0, 0.05) is 62.8 Å². The van der Waals surface area contributed by atoms with Gasteiger partial charge in [0.05, 0.1) is 24.7 Å². The highest BCUT2D eigenvalue weighted by Crippen LogP contribution is 2.29. The maximum Gasteiger partial charge on any atom is 0.246 e. The lowest BCUT2D eigenvalue weighted by Gasteiger charge is -2.35. The Bertz CT molecular complexity index is 2000. The SMILES string of the molecule is CC(C)C[C@H](NC(=O)[C@H](CCCCNC(=O)[C@@H](N)Cc1cnc[nH]1)NC(=O)[C@@H](N)Cc1cnc[nH]1)C(=O)N1CCC[C@H]1C(=O)N1CCC[C@H]1C(=O)N1CCC[C@H]1C(=O)N[C@@H](CCCCN)C(N)=O. The van der Waals surface area contributed by atoms with Gasteiger partial charge in [-0.05, 0) is 95.9 Å². The van der Waals surface area contributed by atoms with Gasteiger partial charge in [-0.1, -0.05) is 13.8 Å². The van der Waals surface area contributed by atoms with Gasteiger partial charge in [-0.25, -0.2) is 9.97 Å². The molecule has 0 bridgehead atoms. The van der Waals surface area contributed by atoms with Crippen molar-refractivity contribution in [1.82, 2.24) is 55.9 Å². The van der Waals surface area contributed by atoms with E-state index in [0.29, 0.717) is 96.0 Å². The van der Waals surface area contributed by atoms with Crippen molar-refractivity contribution in [2.75, 3.05) is 32.7 Å². The molecule has 0 spiro atoms. The summed E-state index contributed by atoms with van der Waals surface area (Å²) >= 11 is 0. The molecule has 68 heavy (non-hydrogen) atoms. The molecule has 5 heterocycles. The Kier molecular flexibility index (Phi) is 20.3. The number of rotatable bonds is 26. The number of primary amides is 1. The van der Waals surface area contributed by atoms with Gasteiger partial charge in [0.25, 0.3) is 0 Å². The van der Waals surface area contributed by atoms with E-state index in [1.165, 1.54) is 27.4 Å². The van der Waals surface area contributed by atoms with E-state index in [2.05, 4.69) is 41.2 Å². The summed E-state index contributed by atoms with van der Waals surface area (Å²) in [6, 6.07) is -7.42. The maximum absolute atomic E-state index is 14.6. The standard InChI is InChI=1S/C45H73N15O8/c1-27(2)20-34(57-41(64)33(56-40(63)31(48)22-29-24-51-26-54-29)11-4-6-16-52-39(62)30(47)21-28-23-50-25-53-28)43(66)59-18-8-13-36(59)45(68)60-19-9-14-37(60)44(67)58-17-7-12-35(58)42(65)55-32(38(49)61)10-3-5-15-46/h23-27,30-37H,3-22,46-48H2,1-2H3,(H2,49,61)(H,50,53)(H,51,54)(H,52,62)(H,55,65)(H,56,63)(H,57,64)/t30-,31-,32-,33-,34-,35-,36-,37-/m0/s1. The predicted molar refractivity (Wildman–Crippen MR) is 249 cm³/mol. The van der Waals surface area contributed by atoms with E-state index in [-0.39, 0.29) is 62.4 Å². The van der Waals surface area contributed by atoms with Crippen LogP contribution in [0.5, 0.6) is 0 Å². The predicted octanol–water partition coefficient (Wildman–Crippen LogP) is -2.05. The molecular weight excluding hydrogens is 879 g/mol. The fourth-order valence-corrected chi connectivity index (χ4v) is 9.29. The lowest BCUT2D eigenvalue weighted by molar-refractivity contribution is -0.151.